The third-order valence-corrected chi connectivity index (χ3v) is 5.69. The predicted molar refractivity (Wildman–Crippen MR) is 118 cm³/mol. The Kier molecular flexibility index (Phi) is 6.14. The lowest BCUT2D eigenvalue weighted by atomic mass is 10.2. The Hall–Kier alpha value is -4.16. The third-order valence-electron chi connectivity index (χ3n) is 4.53. The van der Waals surface area contributed by atoms with Gasteiger partial charge in [-0.05, 0) is 30.7 Å². The van der Waals surface area contributed by atoms with Gasteiger partial charge in [-0.25, -0.2) is 4.98 Å². The van der Waals surface area contributed by atoms with Crippen molar-refractivity contribution in [1.29, 1.82) is 5.26 Å². The molecule has 8 nitrogen and oxygen atoms in total. The molecule has 32 heavy (non-hydrogen) atoms. The summed E-state index contributed by atoms with van der Waals surface area (Å²) in [6, 6.07) is 17.8. The molecule has 0 spiro atoms. The van der Waals surface area contributed by atoms with E-state index in [0.29, 0.717) is 33.8 Å². The van der Waals surface area contributed by atoms with Gasteiger partial charge in [0, 0.05) is 12.3 Å². The number of rotatable bonds is 7. The van der Waals surface area contributed by atoms with Crippen molar-refractivity contribution in [3.05, 3.63) is 98.8 Å². The second kappa shape index (κ2) is 9.32. The highest BCUT2D eigenvalue weighted by Crippen LogP contribution is 2.21. The topological polar surface area (TPSA) is 110 Å². The zero-order valence-corrected chi connectivity index (χ0v) is 17.9. The van der Waals surface area contributed by atoms with Crippen LogP contribution in [0.25, 0.3) is 5.13 Å². The highest BCUT2D eigenvalue weighted by Gasteiger charge is 2.17. The van der Waals surface area contributed by atoms with Crippen LogP contribution < -0.4 is 15.6 Å². The van der Waals surface area contributed by atoms with Crippen LogP contribution in [0.15, 0.2) is 70.0 Å². The lowest BCUT2D eigenvalue weighted by Crippen LogP contribution is -2.22. The SMILES string of the molecule is Cc1nc(-n2ccc(OCc3ccccc3)cc2=O)sc1C(=O)NCc1ccc(C#N)o1. The van der Waals surface area contributed by atoms with Crippen LogP contribution in [-0.4, -0.2) is 15.5 Å². The van der Waals surface area contributed by atoms with Crippen molar-refractivity contribution in [2.75, 3.05) is 0 Å². The van der Waals surface area contributed by atoms with Gasteiger partial charge in [0.25, 0.3) is 11.5 Å². The molecule has 3 heterocycles. The number of thiazole rings is 1. The van der Waals surface area contributed by atoms with Gasteiger partial charge in [-0.15, -0.1) is 0 Å². The summed E-state index contributed by atoms with van der Waals surface area (Å²) in [7, 11) is 0. The Balaban J connectivity index is 1.45. The number of furan rings is 1. The van der Waals surface area contributed by atoms with Gasteiger partial charge in [-0.2, -0.15) is 5.26 Å². The van der Waals surface area contributed by atoms with Crippen molar-refractivity contribution in [3.63, 3.8) is 0 Å². The van der Waals surface area contributed by atoms with Crippen molar-refractivity contribution in [2.24, 2.45) is 0 Å². The van der Waals surface area contributed by atoms with E-state index in [1.165, 1.54) is 16.7 Å². The predicted octanol–water partition coefficient (Wildman–Crippen LogP) is 3.58. The minimum absolute atomic E-state index is 0.139. The minimum Gasteiger partial charge on any atom is -0.489 e. The number of hydrogen-bond acceptors (Lipinski definition) is 7. The lowest BCUT2D eigenvalue weighted by molar-refractivity contribution is 0.0951. The smallest absolute Gasteiger partial charge is 0.263 e. The number of aryl methyl sites for hydroxylation is 1. The first kappa shape index (κ1) is 21.1. The van der Waals surface area contributed by atoms with Gasteiger partial charge in [0.1, 0.15) is 29.1 Å². The van der Waals surface area contributed by atoms with Gasteiger partial charge in [-0.3, -0.25) is 14.2 Å². The number of amides is 1. The summed E-state index contributed by atoms with van der Waals surface area (Å²) in [5, 5.41) is 11.9. The fourth-order valence-electron chi connectivity index (χ4n) is 2.93. The number of nitriles is 1. The van der Waals surface area contributed by atoms with Gasteiger partial charge in [0.05, 0.1) is 12.2 Å². The Morgan fingerprint density at radius 3 is 2.78 bits per heavy atom. The summed E-state index contributed by atoms with van der Waals surface area (Å²) >= 11 is 1.11. The number of carbonyl (C=O) groups is 1. The second-order valence-corrected chi connectivity index (χ2v) is 7.79. The van der Waals surface area contributed by atoms with Gasteiger partial charge in [0.15, 0.2) is 5.13 Å². The summed E-state index contributed by atoms with van der Waals surface area (Å²) in [5.74, 6) is 0.772. The normalized spacial score (nSPS) is 10.5. The maximum Gasteiger partial charge on any atom is 0.263 e. The number of nitrogens with zero attached hydrogens (tertiary/aromatic N) is 3. The average Bonchev–Trinajstić information content (AvgIpc) is 3.43. The number of hydrogen-bond donors (Lipinski definition) is 1. The molecule has 4 rings (SSSR count). The van der Waals surface area contributed by atoms with Crippen LogP contribution in [0, 0.1) is 18.3 Å². The fraction of sp³-hybridized carbons (Fsp3) is 0.130. The van der Waals surface area contributed by atoms with E-state index in [2.05, 4.69) is 10.3 Å². The molecule has 1 aromatic carbocycles. The van der Waals surface area contributed by atoms with Crippen molar-refractivity contribution in [1.82, 2.24) is 14.9 Å². The zero-order chi connectivity index (χ0) is 22.5. The highest BCUT2D eigenvalue weighted by atomic mass is 32.1. The van der Waals surface area contributed by atoms with E-state index >= 15 is 0 Å². The molecule has 0 aliphatic rings. The summed E-state index contributed by atoms with van der Waals surface area (Å²) in [4.78, 5) is 29.9. The summed E-state index contributed by atoms with van der Waals surface area (Å²) in [5.41, 5.74) is 1.20. The molecule has 0 saturated carbocycles. The third kappa shape index (κ3) is 4.77. The van der Waals surface area contributed by atoms with Crippen LogP contribution in [0.1, 0.15) is 32.4 Å². The maximum atomic E-state index is 12.6. The molecule has 0 fully saturated rings. The molecule has 0 bridgehead atoms. The molecular weight excluding hydrogens is 428 g/mol. The van der Waals surface area contributed by atoms with Crippen LogP contribution in [0.4, 0.5) is 0 Å². The Labute approximate surface area is 187 Å². The highest BCUT2D eigenvalue weighted by molar-refractivity contribution is 7.16. The Bertz CT molecular complexity index is 1350. The Morgan fingerprint density at radius 1 is 1.25 bits per heavy atom. The molecule has 160 valence electrons. The Morgan fingerprint density at radius 2 is 2.06 bits per heavy atom. The van der Waals surface area contributed by atoms with Gasteiger partial charge >= 0.3 is 0 Å². The van der Waals surface area contributed by atoms with Gasteiger partial charge in [-0.1, -0.05) is 41.7 Å². The van der Waals surface area contributed by atoms with E-state index in [4.69, 9.17) is 14.4 Å². The van der Waals surface area contributed by atoms with E-state index in [1.54, 1.807) is 25.3 Å². The number of aromatic nitrogens is 2. The van der Waals surface area contributed by atoms with E-state index < -0.39 is 0 Å². The molecule has 0 atom stereocenters. The van der Waals surface area contributed by atoms with E-state index in [9.17, 15) is 9.59 Å². The molecule has 1 amide bonds. The van der Waals surface area contributed by atoms with Crippen LogP contribution in [0.2, 0.25) is 0 Å². The second-order valence-electron chi connectivity index (χ2n) is 6.82. The first-order chi connectivity index (χ1) is 15.5. The quantitative estimate of drug-likeness (QED) is 0.465. The van der Waals surface area contributed by atoms with Crippen molar-refractivity contribution >= 4 is 17.2 Å². The zero-order valence-electron chi connectivity index (χ0n) is 17.1. The molecular formula is C23H18N4O4S. The van der Waals surface area contributed by atoms with Crippen LogP contribution in [-0.2, 0) is 13.2 Å². The lowest BCUT2D eigenvalue weighted by Gasteiger charge is -2.07. The summed E-state index contributed by atoms with van der Waals surface area (Å²) in [6.07, 6.45) is 1.58. The van der Waals surface area contributed by atoms with Crippen LogP contribution >= 0.6 is 11.3 Å². The largest absolute Gasteiger partial charge is 0.489 e. The monoisotopic (exact) mass is 446 g/mol. The van der Waals surface area contributed by atoms with Crippen LogP contribution in [0.3, 0.4) is 0 Å². The molecule has 9 heteroatoms. The molecule has 0 radical (unpaired) electrons. The molecule has 3 aromatic heterocycles. The fourth-order valence-corrected chi connectivity index (χ4v) is 3.90. The van der Waals surface area contributed by atoms with E-state index in [0.717, 1.165) is 16.9 Å². The van der Waals surface area contributed by atoms with Crippen LogP contribution in [0.5, 0.6) is 5.75 Å². The summed E-state index contributed by atoms with van der Waals surface area (Å²) < 4.78 is 12.3. The standard InChI is InChI=1S/C23H18N4O4S/c1-15-21(22(29)25-13-19-8-7-18(12-24)31-19)32-23(26-15)27-10-9-17(11-20(27)28)30-14-16-5-3-2-4-6-16/h2-11H,13-14H2,1H3,(H,25,29). The first-order valence-corrected chi connectivity index (χ1v) is 10.5. The molecule has 4 aromatic rings. The maximum absolute atomic E-state index is 12.6. The number of pyridine rings is 1. The van der Waals surface area contributed by atoms with Gasteiger partial charge in [0.2, 0.25) is 5.76 Å². The van der Waals surface area contributed by atoms with Crippen molar-refractivity contribution < 1.29 is 13.9 Å². The molecule has 0 unspecified atom stereocenters. The molecule has 0 aliphatic carbocycles. The average molecular weight is 446 g/mol. The number of nitrogens with one attached hydrogen (secondary N) is 1. The minimum atomic E-state index is -0.336. The molecule has 0 aliphatic heterocycles. The number of benzene rings is 1. The van der Waals surface area contributed by atoms with Crippen molar-refractivity contribution in [2.45, 2.75) is 20.1 Å². The van der Waals surface area contributed by atoms with E-state index in [-0.39, 0.29) is 23.8 Å². The first-order valence-electron chi connectivity index (χ1n) is 9.68. The van der Waals surface area contributed by atoms with E-state index in [1.807, 2.05) is 36.4 Å². The molecule has 0 saturated heterocycles. The summed E-state index contributed by atoms with van der Waals surface area (Å²) in [6.45, 7) is 2.20. The van der Waals surface area contributed by atoms with Crippen molar-refractivity contribution in [3.8, 4) is 17.0 Å². The number of ether oxygens (including phenoxy) is 1. The molecule has 1 N–H and O–H groups in total. The van der Waals surface area contributed by atoms with Gasteiger partial charge < -0.3 is 14.5 Å². The number of carbonyl (C=O) groups excluding carboxylic acids is 1.